The van der Waals surface area contributed by atoms with Gasteiger partial charge in [0.25, 0.3) is 0 Å². The second kappa shape index (κ2) is 72.2. The molecule has 0 heterocycles. The number of unbranched alkanes of at least 4 members (excludes halogenated alkanes) is 46. The molecule has 4 amide bonds. The Morgan fingerprint density at radius 2 is 0.411 bits per heavy atom. The van der Waals surface area contributed by atoms with E-state index in [0.29, 0.717) is 71.9 Å². The second-order valence-electron chi connectivity index (χ2n) is 27.4. The first-order chi connectivity index (χ1) is 44.2. The highest BCUT2D eigenvalue weighted by Gasteiger charge is 2.19. The topological polar surface area (TPSA) is 155 Å². The predicted octanol–water partition coefficient (Wildman–Crippen LogP) is 17.9. The molecule has 0 atom stereocenters. The molecule has 0 aliphatic heterocycles. The summed E-state index contributed by atoms with van der Waals surface area (Å²) in [6.45, 7) is 18.2. The molecule has 0 bridgehead atoms. The van der Waals surface area contributed by atoms with E-state index < -0.39 is 0 Å². The zero-order valence-corrected chi connectivity index (χ0v) is 60.8. The van der Waals surface area contributed by atoms with Crippen LogP contribution in [0.25, 0.3) is 0 Å². The lowest BCUT2D eigenvalue weighted by Crippen LogP contribution is -2.48. The average molecular weight is 1270 g/mol. The Hall–Kier alpha value is -2.61. The van der Waals surface area contributed by atoms with Gasteiger partial charge >= 0.3 is 0 Å². The molecule has 0 spiro atoms. The number of hydrogen-bond acceptors (Lipinski definition) is 9. The minimum absolute atomic E-state index is 0.00717. The van der Waals surface area contributed by atoms with Gasteiger partial charge in [-0.3, -0.25) is 38.7 Å². The van der Waals surface area contributed by atoms with Crippen molar-refractivity contribution in [3.63, 3.8) is 0 Å². The fourth-order valence-corrected chi connectivity index (χ4v) is 12.3. The van der Waals surface area contributed by atoms with Crippen molar-refractivity contribution in [3.8, 4) is 0 Å². The highest BCUT2D eigenvalue weighted by atomic mass is 16.2. The number of ketones is 1. The van der Waals surface area contributed by atoms with E-state index in [1.807, 2.05) is 9.80 Å². The number of carbonyl (C=O) groups excluding carboxylic acids is 5. The van der Waals surface area contributed by atoms with E-state index in [0.717, 1.165) is 64.2 Å². The van der Waals surface area contributed by atoms with Crippen LogP contribution in [0.1, 0.15) is 369 Å². The quantitative estimate of drug-likeness (QED) is 0.0374. The normalized spacial score (nSPS) is 11.6. The summed E-state index contributed by atoms with van der Waals surface area (Å²) in [5.41, 5.74) is 0. The number of rotatable bonds is 75. The molecule has 532 valence electrons. The van der Waals surface area contributed by atoms with Gasteiger partial charge in [0, 0.05) is 71.9 Å². The van der Waals surface area contributed by atoms with Crippen LogP contribution in [0.3, 0.4) is 0 Å². The zero-order chi connectivity index (χ0) is 65.5. The van der Waals surface area contributed by atoms with E-state index in [9.17, 15) is 24.0 Å². The van der Waals surface area contributed by atoms with Crippen LogP contribution in [0, 0.1) is 0 Å². The summed E-state index contributed by atoms with van der Waals surface area (Å²) >= 11 is 0. The Morgan fingerprint density at radius 3 is 0.678 bits per heavy atom. The van der Waals surface area contributed by atoms with Crippen molar-refractivity contribution < 1.29 is 24.0 Å². The van der Waals surface area contributed by atoms with E-state index in [1.54, 1.807) is 0 Å². The third-order valence-electron chi connectivity index (χ3n) is 18.3. The molecule has 0 aromatic rings. The van der Waals surface area contributed by atoms with Gasteiger partial charge in [0.1, 0.15) is 5.78 Å². The lowest BCUT2D eigenvalue weighted by atomic mass is 10.0. The van der Waals surface area contributed by atoms with Crippen LogP contribution in [-0.4, -0.2) is 142 Å². The van der Waals surface area contributed by atoms with E-state index in [-0.39, 0.29) is 62.1 Å². The molecule has 5 N–H and O–H groups in total. The fourth-order valence-electron chi connectivity index (χ4n) is 12.3. The van der Waals surface area contributed by atoms with Gasteiger partial charge in [0.15, 0.2) is 0 Å². The molecule has 0 aromatic carbocycles. The average Bonchev–Trinajstić information content (AvgIpc) is 3.57. The number of carbonyl (C=O) groups is 5. The summed E-state index contributed by atoms with van der Waals surface area (Å²) in [5.74, 6) is 0.0449. The van der Waals surface area contributed by atoms with Gasteiger partial charge in [-0.05, 0) is 32.1 Å². The Balaban J connectivity index is 5.84. The van der Waals surface area contributed by atoms with Gasteiger partial charge in [-0.15, -0.1) is 0 Å². The highest BCUT2D eigenvalue weighted by Crippen LogP contribution is 2.16. The number of amides is 4. The van der Waals surface area contributed by atoms with Crippen LogP contribution in [0.2, 0.25) is 0 Å². The molecular weight excluding hydrogens is 1120 g/mol. The third kappa shape index (κ3) is 66.8. The largest absolute Gasteiger partial charge is 0.355 e. The van der Waals surface area contributed by atoms with E-state index in [4.69, 9.17) is 0 Å². The van der Waals surface area contributed by atoms with Gasteiger partial charge in [-0.25, -0.2) is 0 Å². The molecule has 90 heavy (non-hydrogen) atoms. The van der Waals surface area contributed by atoms with E-state index in [1.165, 1.54) is 263 Å². The van der Waals surface area contributed by atoms with E-state index >= 15 is 0 Å². The Bertz CT molecular complexity index is 1470. The number of hydrogen-bond donors (Lipinski definition) is 5. The van der Waals surface area contributed by atoms with Crippen molar-refractivity contribution in [2.24, 2.45) is 0 Å². The van der Waals surface area contributed by atoms with Crippen LogP contribution >= 0.6 is 0 Å². The molecule has 0 rings (SSSR count). The summed E-state index contributed by atoms with van der Waals surface area (Å²) in [6, 6.07) is 0. The minimum atomic E-state index is -0.0646. The van der Waals surface area contributed by atoms with Crippen molar-refractivity contribution >= 4 is 29.4 Å². The van der Waals surface area contributed by atoms with Gasteiger partial charge in [-0.1, -0.05) is 330 Å². The van der Waals surface area contributed by atoms with Crippen LogP contribution in [0.4, 0.5) is 0 Å². The molecule has 0 aliphatic carbocycles. The van der Waals surface area contributed by atoms with Gasteiger partial charge < -0.3 is 26.6 Å². The first-order valence-electron chi connectivity index (χ1n) is 39.6. The van der Waals surface area contributed by atoms with Crippen molar-refractivity contribution in [2.45, 2.75) is 369 Å². The van der Waals surface area contributed by atoms with Crippen LogP contribution in [0.15, 0.2) is 0 Å². The van der Waals surface area contributed by atoms with Gasteiger partial charge in [-0.2, -0.15) is 0 Å². The van der Waals surface area contributed by atoms with Crippen molar-refractivity contribution in [2.75, 3.05) is 98.2 Å². The van der Waals surface area contributed by atoms with Crippen LogP contribution in [-0.2, 0) is 24.0 Å². The summed E-state index contributed by atoms with van der Waals surface area (Å²) in [4.78, 5) is 73.8. The maximum Gasteiger partial charge on any atom is 0.234 e. The standard InChI is InChI=1S/C77H154N8O5/c1-6-11-16-21-26-31-36-37-42-47-52-57-73(86)68-84(70-75(88)80-59-54-49-44-39-33-28-23-18-13-8-3)65-63-78-62-64-83(69-74(87)79-58-53-48-43-38-32-27-22-17-12-7-2)66-67-85(71-76(89)81-60-55-50-45-40-34-29-24-19-14-9-4)72-77(90)82-61-56-51-46-41-35-30-25-20-15-10-5/h78H,6-72H2,1-5H3,(H,79,87)(H,80,88)(H,81,89)(H,82,90). The summed E-state index contributed by atoms with van der Waals surface area (Å²) in [7, 11) is 0. The van der Waals surface area contributed by atoms with Crippen molar-refractivity contribution in [1.29, 1.82) is 0 Å². The lowest BCUT2D eigenvalue weighted by Gasteiger charge is -2.27. The third-order valence-corrected chi connectivity index (χ3v) is 18.3. The summed E-state index contributed by atoms with van der Waals surface area (Å²) < 4.78 is 0. The zero-order valence-electron chi connectivity index (χ0n) is 60.8. The molecule has 0 aliphatic rings. The molecule has 0 fully saturated rings. The Labute approximate surface area is 558 Å². The number of Topliss-reactive ketones (excluding diaryl/α,β-unsaturated/α-hetero) is 1. The second-order valence-corrected chi connectivity index (χ2v) is 27.4. The maximum absolute atomic E-state index is 13.7. The minimum Gasteiger partial charge on any atom is -0.355 e. The first kappa shape index (κ1) is 87.4. The first-order valence-corrected chi connectivity index (χ1v) is 39.6. The van der Waals surface area contributed by atoms with Crippen LogP contribution in [0.5, 0.6) is 0 Å². The van der Waals surface area contributed by atoms with Crippen LogP contribution < -0.4 is 26.6 Å². The summed E-state index contributed by atoms with van der Waals surface area (Å²) in [5, 5.41) is 16.3. The Morgan fingerprint density at radius 1 is 0.211 bits per heavy atom. The maximum atomic E-state index is 13.7. The van der Waals surface area contributed by atoms with Gasteiger partial charge in [0.2, 0.25) is 23.6 Å². The fraction of sp³-hybridized carbons (Fsp3) is 0.935. The number of nitrogens with zero attached hydrogens (tertiary/aromatic N) is 3. The molecule has 0 saturated carbocycles. The monoisotopic (exact) mass is 1270 g/mol. The SMILES string of the molecule is CCCCCCCCCCCCCC(=O)CN(CCNCCN(CCN(CC(=O)NCCCCCCCCCCCC)CC(=O)NCCCCCCCCCCCC)CC(=O)NCCCCCCCCCCCC)CC(=O)NCCCCCCCCCCCC. The van der Waals surface area contributed by atoms with Crippen molar-refractivity contribution in [1.82, 2.24) is 41.3 Å². The molecular formula is C77H154N8O5. The highest BCUT2D eigenvalue weighted by molar-refractivity contribution is 5.82. The summed E-state index contributed by atoms with van der Waals surface area (Å²) in [6.07, 6.45) is 64.0. The molecule has 13 heteroatoms. The molecule has 0 radical (unpaired) electrons. The van der Waals surface area contributed by atoms with E-state index in [2.05, 4.69) is 66.1 Å². The molecule has 0 unspecified atom stereocenters. The van der Waals surface area contributed by atoms with Gasteiger partial charge in [0.05, 0.1) is 32.7 Å². The molecule has 13 nitrogen and oxygen atoms in total. The molecule has 0 saturated heterocycles. The predicted molar refractivity (Wildman–Crippen MR) is 388 cm³/mol. The Kier molecular flexibility index (Phi) is 70.1. The molecule has 0 aromatic heterocycles. The smallest absolute Gasteiger partial charge is 0.234 e. The van der Waals surface area contributed by atoms with Crippen molar-refractivity contribution in [3.05, 3.63) is 0 Å². The number of nitrogens with one attached hydrogen (secondary N) is 5. The lowest BCUT2D eigenvalue weighted by molar-refractivity contribution is -0.126.